The average Bonchev–Trinajstić information content (AvgIpc) is 2.80. The minimum absolute atomic E-state index is 0.0130. The molecular weight excluding hydrogens is 335 g/mol. The lowest BCUT2D eigenvalue weighted by Gasteiger charge is -2.09. The van der Waals surface area contributed by atoms with Gasteiger partial charge in [0.2, 0.25) is 5.91 Å². The van der Waals surface area contributed by atoms with Gasteiger partial charge >= 0.3 is 0 Å². The number of hydrogen-bond acceptors (Lipinski definition) is 3. The highest BCUT2D eigenvalue weighted by Gasteiger charge is 2.21. The number of aromatic nitrogens is 2. The van der Waals surface area contributed by atoms with Gasteiger partial charge in [0.25, 0.3) is 5.91 Å². The first-order valence-corrected chi connectivity index (χ1v) is 7.76. The molecule has 128 valence electrons. The zero-order valence-corrected chi connectivity index (χ0v) is 14.3. The van der Waals surface area contributed by atoms with E-state index in [4.69, 9.17) is 11.6 Å². The number of aryl methyl sites for hydroxylation is 1. The number of rotatable bonds is 5. The van der Waals surface area contributed by atoms with Gasteiger partial charge in [-0.05, 0) is 45.0 Å². The van der Waals surface area contributed by atoms with E-state index in [1.807, 2.05) is 13.8 Å². The quantitative estimate of drug-likeness (QED) is 0.866. The summed E-state index contributed by atoms with van der Waals surface area (Å²) < 4.78 is 14.4. The van der Waals surface area contributed by atoms with Gasteiger partial charge in [0.05, 0.1) is 23.5 Å². The Morgan fingerprint density at radius 2 is 1.92 bits per heavy atom. The summed E-state index contributed by atoms with van der Waals surface area (Å²) in [7, 11) is 0. The van der Waals surface area contributed by atoms with Gasteiger partial charge in [-0.2, -0.15) is 5.10 Å². The second-order valence-electron chi connectivity index (χ2n) is 5.54. The molecular formula is C16H18ClFN4O2. The number of amides is 2. The number of nitrogens with zero attached hydrogens (tertiary/aromatic N) is 2. The Bertz CT molecular complexity index is 756. The van der Waals surface area contributed by atoms with Crippen molar-refractivity contribution in [3.8, 4) is 5.69 Å². The number of benzene rings is 1. The molecule has 0 fully saturated rings. The van der Waals surface area contributed by atoms with Crippen LogP contribution in [0.4, 0.5) is 4.39 Å². The Morgan fingerprint density at radius 3 is 2.50 bits per heavy atom. The molecule has 2 amide bonds. The zero-order valence-electron chi connectivity index (χ0n) is 13.6. The Kier molecular flexibility index (Phi) is 5.56. The molecule has 0 saturated heterocycles. The van der Waals surface area contributed by atoms with Crippen molar-refractivity contribution in [2.24, 2.45) is 0 Å². The van der Waals surface area contributed by atoms with Crippen molar-refractivity contribution in [3.63, 3.8) is 0 Å². The number of nitrogens with one attached hydrogen (secondary N) is 2. The Balaban J connectivity index is 2.17. The van der Waals surface area contributed by atoms with Crippen LogP contribution in [-0.2, 0) is 4.79 Å². The maximum absolute atomic E-state index is 13.0. The Morgan fingerprint density at radius 1 is 1.29 bits per heavy atom. The first kappa shape index (κ1) is 17.9. The van der Waals surface area contributed by atoms with Crippen molar-refractivity contribution in [2.45, 2.75) is 26.8 Å². The normalized spacial score (nSPS) is 10.8. The maximum atomic E-state index is 13.0. The molecule has 1 heterocycles. The molecule has 2 aromatic rings. The van der Waals surface area contributed by atoms with Crippen molar-refractivity contribution in [1.29, 1.82) is 0 Å². The highest BCUT2D eigenvalue weighted by atomic mass is 35.5. The van der Waals surface area contributed by atoms with E-state index in [0.717, 1.165) is 0 Å². The molecule has 0 aliphatic carbocycles. The molecule has 0 aliphatic heterocycles. The largest absolute Gasteiger partial charge is 0.352 e. The van der Waals surface area contributed by atoms with Crippen LogP contribution in [0.2, 0.25) is 5.15 Å². The van der Waals surface area contributed by atoms with Gasteiger partial charge in [0.15, 0.2) is 0 Å². The van der Waals surface area contributed by atoms with Gasteiger partial charge < -0.3 is 10.6 Å². The molecule has 1 aromatic heterocycles. The summed E-state index contributed by atoms with van der Waals surface area (Å²) in [5, 5.41) is 9.49. The summed E-state index contributed by atoms with van der Waals surface area (Å²) in [6.45, 7) is 5.13. The van der Waals surface area contributed by atoms with E-state index in [2.05, 4.69) is 15.7 Å². The molecule has 24 heavy (non-hydrogen) atoms. The second-order valence-corrected chi connectivity index (χ2v) is 5.90. The summed E-state index contributed by atoms with van der Waals surface area (Å²) in [6.07, 6.45) is 0. The highest BCUT2D eigenvalue weighted by Crippen LogP contribution is 2.23. The second kappa shape index (κ2) is 7.44. The third-order valence-electron chi connectivity index (χ3n) is 3.16. The van der Waals surface area contributed by atoms with Gasteiger partial charge in [-0.15, -0.1) is 0 Å². The van der Waals surface area contributed by atoms with Crippen LogP contribution in [0, 0.1) is 12.7 Å². The van der Waals surface area contributed by atoms with Crippen LogP contribution >= 0.6 is 11.6 Å². The lowest BCUT2D eigenvalue weighted by molar-refractivity contribution is -0.120. The number of halogens is 2. The van der Waals surface area contributed by atoms with Crippen LogP contribution in [-0.4, -0.2) is 34.2 Å². The van der Waals surface area contributed by atoms with Crippen LogP contribution in [0.15, 0.2) is 24.3 Å². The zero-order chi connectivity index (χ0) is 17.9. The van der Waals surface area contributed by atoms with E-state index in [1.54, 1.807) is 6.92 Å². The minimum Gasteiger partial charge on any atom is -0.352 e. The van der Waals surface area contributed by atoms with Crippen molar-refractivity contribution >= 4 is 23.4 Å². The fourth-order valence-electron chi connectivity index (χ4n) is 2.13. The summed E-state index contributed by atoms with van der Waals surface area (Å²) in [5.41, 5.74) is 1.12. The number of hydrogen-bond donors (Lipinski definition) is 2. The van der Waals surface area contributed by atoms with Gasteiger partial charge in [-0.3, -0.25) is 9.59 Å². The van der Waals surface area contributed by atoms with Crippen molar-refractivity contribution in [2.75, 3.05) is 6.54 Å². The molecule has 2 N–H and O–H groups in total. The van der Waals surface area contributed by atoms with Crippen LogP contribution in [0.1, 0.15) is 29.9 Å². The highest BCUT2D eigenvalue weighted by molar-refractivity contribution is 6.33. The molecule has 0 spiro atoms. The van der Waals surface area contributed by atoms with Gasteiger partial charge in [-0.25, -0.2) is 9.07 Å². The van der Waals surface area contributed by atoms with E-state index < -0.39 is 5.91 Å². The van der Waals surface area contributed by atoms with Crippen LogP contribution in [0.3, 0.4) is 0 Å². The summed E-state index contributed by atoms with van der Waals surface area (Å²) in [5.74, 6) is -1.17. The van der Waals surface area contributed by atoms with E-state index >= 15 is 0 Å². The molecule has 0 radical (unpaired) electrons. The molecule has 0 bridgehead atoms. The third-order valence-corrected chi connectivity index (χ3v) is 3.51. The Labute approximate surface area is 144 Å². The van der Waals surface area contributed by atoms with Crippen molar-refractivity contribution in [1.82, 2.24) is 20.4 Å². The van der Waals surface area contributed by atoms with Crippen LogP contribution in [0.25, 0.3) is 5.69 Å². The summed E-state index contributed by atoms with van der Waals surface area (Å²) in [6, 6.07) is 5.55. The molecule has 2 rings (SSSR count). The van der Waals surface area contributed by atoms with E-state index in [9.17, 15) is 14.0 Å². The lowest BCUT2D eigenvalue weighted by Crippen LogP contribution is -2.39. The van der Waals surface area contributed by atoms with Crippen molar-refractivity contribution < 1.29 is 14.0 Å². The molecule has 6 nitrogen and oxygen atoms in total. The fourth-order valence-corrected chi connectivity index (χ4v) is 2.49. The number of carbonyl (C=O) groups excluding carboxylic acids is 2. The van der Waals surface area contributed by atoms with E-state index in [1.165, 1.54) is 28.9 Å². The molecule has 0 saturated carbocycles. The van der Waals surface area contributed by atoms with Crippen LogP contribution in [0.5, 0.6) is 0 Å². The fraction of sp³-hybridized carbons (Fsp3) is 0.312. The molecule has 0 aliphatic rings. The predicted molar refractivity (Wildman–Crippen MR) is 88.9 cm³/mol. The van der Waals surface area contributed by atoms with Crippen molar-refractivity contribution in [3.05, 3.63) is 46.5 Å². The standard InChI is InChI=1S/C16H18ClFN4O2/c1-9(2)20-13(23)8-19-16(24)14-10(3)21-22(15(14)17)12-6-4-11(18)5-7-12/h4-7,9H,8H2,1-3H3,(H,19,24)(H,20,23). The summed E-state index contributed by atoms with van der Waals surface area (Å²) in [4.78, 5) is 23.9. The Hall–Kier alpha value is -2.41. The topological polar surface area (TPSA) is 76.0 Å². The first-order valence-electron chi connectivity index (χ1n) is 7.38. The monoisotopic (exact) mass is 352 g/mol. The smallest absolute Gasteiger partial charge is 0.256 e. The molecule has 0 unspecified atom stereocenters. The van der Waals surface area contributed by atoms with E-state index in [-0.39, 0.29) is 35.0 Å². The minimum atomic E-state index is -0.496. The van der Waals surface area contributed by atoms with Gasteiger partial charge in [-0.1, -0.05) is 11.6 Å². The maximum Gasteiger partial charge on any atom is 0.256 e. The molecule has 8 heteroatoms. The first-order chi connectivity index (χ1) is 11.3. The van der Waals surface area contributed by atoms with Gasteiger partial charge in [0.1, 0.15) is 11.0 Å². The summed E-state index contributed by atoms with van der Waals surface area (Å²) >= 11 is 6.24. The average molecular weight is 353 g/mol. The third kappa shape index (κ3) is 4.11. The SMILES string of the molecule is Cc1nn(-c2ccc(F)cc2)c(Cl)c1C(=O)NCC(=O)NC(C)C. The predicted octanol–water partition coefficient (Wildman–Crippen LogP) is 2.23. The van der Waals surface area contributed by atoms with Gasteiger partial charge in [0, 0.05) is 6.04 Å². The lowest BCUT2D eigenvalue weighted by atomic mass is 10.2. The van der Waals surface area contributed by atoms with E-state index in [0.29, 0.717) is 11.4 Å². The number of carbonyl (C=O) groups is 2. The van der Waals surface area contributed by atoms with Crippen LogP contribution < -0.4 is 10.6 Å². The molecule has 1 aromatic carbocycles. The molecule has 0 atom stereocenters.